The van der Waals surface area contributed by atoms with E-state index in [-0.39, 0.29) is 11.4 Å². The second-order valence-electron chi connectivity index (χ2n) is 3.60. The quantitative estimate of drug-likeness (QED) is 0.853. The first kappa shape index (κ1) is 12.6. The van der Waals surface area contributed by atoms with E-state index in [2.05, 4.69) is 10.1 Å². The molecule has 1 aromatic carbocycles. The van der Waals surface area contributed by atoms with E-state index in [1.54, 1.807) is 6.92 Å². The van der Waals surface area contributed by atoms with Crippen molar-refractivity contribution in [3.8, 4) is 0 Å². The van der Waals surface area contributed by atoms with Crippen molar-refractivity contribution >= 4 is 0 Å². The average molecular weight is 257 g/mol. The second-order valence-corrected chi connectivity index (χ2v) is 3.60. The molecule has 96 valence electrons. The summed E-state index contributed by atoms with van der Waals surface area (Å²) in [5, 5.41) is 13.7. The van der Waals surface area contributed by atoms with Crippen molar-refractivity contribution in [2.75, 3.05) is 0 Å². The molecule has 0 saturated heterocycles. The predicted octanol–water partition coefficient (Wildman–Crippen LogP) is 1.80. The van der Waals surface area contributed by atoms with Gasteiger partial charge in [-0.05, 0) is 19.1 Å². The van der Waals surface area contributed by atoms with Gasteiger partial charge in [0.2, 0.25) is 0 Å². The van der Waals surface area contributed by atoms with Crippen LogP contribution >= 0.6 is 0 Å². The summed E-state index contributed by atoms with van der Waals surface area (Å²) in [5.41, 5.74) is -0.378. The third-order valence-corrected chi connectivity index (χ3v) is 2.55. The summed E-state index contributed by atoms with van der Waals surface area (Å²) in [7, 11) is 0. The molecule has 2 rings (SSSR count). The number of rotatable bonds is 3. The topological polar surface area (TPSA) is 50.9 Å². The number of nitrogens with zero attached hydrogens (tertiary/aromatic N) is 3. The predicted molar refractivity (Wildman–Crippen MR) is 56.1 cm³/mol. The average Bonchev–Trinajstić information content (AvgIpc) is 2.83. The van der Waals surface area contributed by atoms with Crippen LogP contribution in [-0.4, -0.2) is 19.9 Å². The fraction of sp³-hybridized carbons (Fsp3) is 0.273. The van der Waals surface area contributed by atoms with E-state index in [4.69, 9.17) is 0 Å². The van der Waals surface area contributed by atoms with Crippen LogP contribution in [0.25, 0.3) is 0 Å². The summed E-state index contributed by atoms with van der Waals surface area (Å²) in [6.45, 7) is 2.17. The zero-order valence-corrected chi connectivity index (χ0v) is 9.44. The van der Waals surface area contributed by atoms with Crippen LogP contribution in [0.15, 0.2) is 18.5 Å². The molecule has 2 aromatic rings. The molecule has 1 unspecified atom stereocenters. The Bertz CT molecular complexity index is 571. The molecule has 0 saturated carbocycles. The first-order valence-corrected chi connectivity index (χ1v) is 5.25. The third kappa shape index (κ3) is 1.97. The highest BCUT2D eigenvalue weighted by atomic mass is 19.2. The van der Waals surface area contributed by atoms with Crippen LogP contribution in [0.5, 0.6) is 0 Å². The standard InChI is InChI=1S/C11H10F3N3O/c1-2-17-11(15-5-16-17)10(18)6-3-4-7(12)9(14)8(6)13/h3-5,10,18H,2H2,1H3. The van der Waals surface area contributed by atoms with Crippen molar-refractivity contribution in [3.63, 3.8) is 0 Å². The van der Waals surface area contributed by atoms with Crippen LogP contribution in [0.3, 0.4) is 0 Å². The minimum atomic E-state index is -1.62. The van der Waals surface area contributed by atoms with E-state index in [9.17, 15) is 18.3 Å². The first-order valence-electron chi connectivity index (χ1n) is 5.25. The maximum absolute atomic E-state index is 13.5. The maximum Gasteiger partial charge on any atom is 0.194 e. The molecule has 0 amide bonds. The smallest absolute Gasteiger partial charge is 0.194 e. The number of aliphatic hydroxyl groups is 1. The highest BCUT2D eigenvalue weighted by molar-refractivity contribution is 5.26. The minimum Gasteiger partial charge on any atom is -0.380 e. The molecule has 0 radical (unpaired) electrons. The van der Waals surface area contributed by atoms with Gasteiger partial charge in [-0.2, -0.15) is 5.10 Å². The number of benzene rings is 1. The molecule has 7 heteroatoms. The Balaban J connectivity index is 2.46. The van der Waals surface area contributed by atoms with Gasteiger partial charge in [-0.3, -0.25) is 0 Å². The summed E-state index contributed by atoms with van der Waals surface area (Å²) in [4.78, 5) is 3.78. The number of aromatic nitrogens is 3. The molecule has 18 heavy (non-hydrogen) atoms. The van der Waals surface area contributed by atoms with E-state index in [1.807, 2.05) is 0 Å². The fourth-order valence-corrected chi connectivity index (χ4v) is 1.62. The molecule has 1 atom stereocenters. The van der Waals surface area contributed by atoms with E-state index in [0.717, 1.165) is 12.1 Å². The fourth-order valence-electron chi connectivity index (χ4n) is 1.62. The van der Waals surface area contributed by atoms with E-state index in [0.29, 0.717) is 6.54 Å². The van der Waals surface area contributed by atoms with Crippen LogP contribution < -0.4 is 0 Å². The molecular weight excluding hydrogens is 247 g/mol. The number of hydrogen-bond acceptors (Lipinski definition) is 3. The van der Waals surface area contributed by atoms with Gasteiger partial charge >= 0.3 is 0 Å². The largest absolute Gasteiger partial charge is 0.380 e. The zero-order chi connectivity index (χ0) is 13.3. The minimum absolute atomic E-state index is 0.0717. The lowest BCUT2D eigenvalue weighted by Crippen LogP contribution is -2.12. The summed E-state index contributed by atoms with van der Waals surface area (Å²) >= 11 is 0. The lowest BCUT2D eigenvalue weighted by atomic mass is 10.1. The van der Waals surface area contributed by atoms with Crippen LogP contribution in [0.1, 0.15) is 24.4 Å². The Morgan fingerprint density at radius 2 is 2.00 bits per heavy atom. The number of aryl methyl sites for hydroxylation is 1. The van der Waals surface area contributed by atoms with Crippen LogP contribution in [-0.2, 0) is 6.54 Å². The molecule has 0 fully saturated rings. The summed E-state index contributed by atoms with van der Waals surface area (Å²) < 4.78 is 40.7. The molecule has 1 heterocycles. The molecule has 0 aliphatic heterocycles. The maximum atomic E-state index is 13.5. The lowest BCUT2D eigenvalue weighted by Gasteiger charge is -2.12. The monoisotopic (exact) mass is 257 g/mol. The Morgan fingerprint density at radius 3 is 2.67 bits per heavy atom. The van der Waals surface area contributed by atoms with Crippen molar-refractivity contribution in [2.45, 2.75) is 19.6 Å². The van der Waals surface area contributed by atoms with Crippen molar-refractivity contribution in [3.05, 3.63) is 47.3 Å². The van der Waals surface area contributed by atoms with Gasteiger partial charge in [0.15, 0.2) is 23.3 Å². The lowest BCUT2D eigenvalue weighted by molar-refractivity contribution is 0.196. The van der Waals surface area contributed by atoms with Gasteiger partial charge < -0.3 is 5.11 Å². The van der Waals surface area contributed by atoms with Crippen molar-refractivity contribution in [2.24, 2.45) is 0 Å². The summed E-state index contributed by atoms with van der Waals surface area (Å²) in [6.07, 6.45) is -0.303. The van der Waals surface area contributed by atoms with E-state index >= 15 is 0 Å². The third-order valence-electron chi connectivity index (χ3n) is 2.55. The molecule has 0 aliphatic rings. The molecule has 0 bridgehead atoms. The normalized spacial score (nSPS) is 12.7. The Morgan fingerprint density at radius 1 is 1.28 bits per heavy atom. The van der Waals surface area contributed by atoms with Crippen molar-refractivity contribution < 1.29 is 18.3 Å². The molecule has 0 spiro atoms. The van der Waals surface area contributed by atoms with Crippen molar-refractivity contribution in [1.29, 1.82) is 0 Å². The zero-order valence-electron chi connectivity index (χ0n) is 9.44. The Kier molecular flexibility index (Phi) is 3.33. The Labute approximate surface area is 101 Å². The second kappa shape index (κ2) is 4.77. The van der Waals surface area contributed by atoms with Gasteiger partial charge in [0.1, 0.15) is 12.4 Å². The van der Waals surface area contributed by atoms with Gasteiger partial charge in [0, 0.05) is 12.1 Å². The summed E-state index contributed by atoms with van der Waals surface area (Å²) in [5.74, 6) is -4.27. The summed E-state index contributed by atoms with van der Waals surface area (Å²) in [6, 6.07) is 1.73. The van der Waals surface area contributed by atoms with E-state index < -0.39 is 23.6 Å². The number of halogens is 3. The van der Waals surface area contributed by atoms with Gasteiger partial charge in [0.25, 0.3) is 0 Å². The molecule has 0 aliphatic carbocycles. The van der Waals surface area contributed by atoms with E-state index in [1.165, 1.54) is 11.0 Å². The van der Waals surface area contributed by atoms with Gasteiger partial charge in [0.05, 0.1) is 0 Å². The SMILES string of the molecule is CCn1ncnc1C(O)c1ccc(F)c(F)c1F. The van der Waals surface area contributed by atoms with Gasteiger partial charge in [-0.25, -0.2) is 22.8 Å². The van der Waals surface area contributed by atoms with Crippen LogP contribution in [0.2, 0.25) is 0 Å². The highest BCUT2D eigenvalue weighted by Gasteiger charge is 2.23. The first-order chi connectivity index (χ1) is 8.56. The van der Waals surface area contributed by atoms with Gasteiger partial charge in [-0.15, -0.1) is 0 Å². The molecule has 1 aromatic heterocycles. The van der Waals surface area contributed by atoms with Crippen LogP contribution in [0, 0.1) is 17.5 Å². The molecule has 1 N–H and O–H groups in total. The Hall–Kier alpha value is -1.89. The van der Waals surface area contributed by atoms with Crippen LogP contribution in [0.4, 0.5) is 13.2 Å². The number of aliphatic hydroxyl groups excluding tert-OH is 1. The van der Waals surface area contributed by atoms with Crippen molar-refractivity contribution in [1.82, 2.24) is 14.8 Å². The molecule has 4 nitrogen and oxygen atoms in total. The number of hydrogen-bond donors (Lipinski definition) is 1. The molecular formula is C11H10F3N3O. The van der Waals surface area contributed by atoms with Gasteiger partial charge in [-0.1, -0.05) is 0 Å². The highest BCUT2D eigenvalue weighted by Crippen LogP contribution is 2.25.